The summed E-state index contributed by atoms with van der Waals surface area (Å²) in [5, 5.41) is 2.81. The minimum atomic E-state index is -3.91. The summed E-state index contributed by atoms with van der Waals surface area (Å²) in [6.07, 6.45) is 1.60. The van der Waals surface area contributed by atoms with Crippen LogP contribution >= 0.6 is 0 Å². The van der Waals surface area contributed by atoms with E-state index in [4.69, 9.17) is 14.2 Å². The first-order chi connectivity index (χ1) is 16.4. The molecule has 0 unspecified atom stereocenters. The first-order valence-electron chi connectivity index (χ1n) is 11.0. The molecule has 0 radical (unpaired) electrons. The number of amides is 1. The monoisotopic (exact) mass is 482 g/mol. The number of rotatable bonds is 8. The van der Waals surface area contributed by atoms with Crippen molar-refractivity contribution in [1.82, 2.24) is 0 Å². The Morgan fingerprint density at radius 2 is 1.71 bits per heavy atom. The lowest BCUT2D eigenvalue weighted by Crippen LogP contribution is -2.15. The minimum Gasteiger partial charge on any atom is -0.494 e. The van der Waals surface area contributed by atoms with Gasteiger partial charge in [-0.1, -0.05) is 19.1 Å². The Kier molecular flexibility index (Phi) is 7.22. The lowest BCUT2D eigenvalue weighted by Gasteiger charge is -2.12. The zero-order chi connectivity index (χ0) is 24.0. The number of hydrogen-bond acceptors (Lipinski definition) is 6. The van der Waals surface area contributed by atoms with Crippen LogP contribution in [0, 0.1) is 0 Å². The zero-order valence-corrected chi connectivity index (χ0v) is 19.6. The van der Waals surface area contributed by atoms with Gasteiger partial charge in [0.1, 0.15) is 5.75 Å². The molecule has 0 aromatic heterocycles. The van der Waals surface area contributed by atoms with Crippen LogP contribution in [0.2, 0.25) is 0 Å². The van der Waals surface area contributed by atoms with E-state index in [1.54, 1.807) is 42.5 Å². The van der Waals surface area contributed by atoms with Gasteiger partial charge in [-0.05, 0) is 48.9 Å². The van der Waals surface area contributed by atoms with Crippen LogP contribution in [0.25, 0.3) is 0 Å². The Morgan fingerprint density at radius 3 is 2.53 bits per heavy atom. The number of sulfonamides is 1. The lowest BCUT2D eigenvalue weighted by molar-refractivity contribution is 0.102. The molecule has 0 spiro atoms. The maximum Gasteiger partial charge on any atom is 0.262 e. The third-order valence-electron chi connectivity index (χ3n) is 4.97. The van der Waals surface area contributed by atoms with E-state index in [0.717, 1.165) is 12.8 Å². The van der Waals surface area contributed by atoms with Gasteiger partial charge in [0.25, 0.3) is 15.9 Å². The molecule has 0 saturated carbocycles. The van der Waals surface area contributed by atoms with Gasteiger partial charge < -0.3 is 19.5 Å². The van der Waals surface area contributed by atoms with Crippen molar-refractivity contribution in [2.75, 3.05) is 29.9 Å². The summed E-state index contributed by atoms with van der Waals surface area (Å²) in [6.45, 7) is 3.57. The molecule has 3 aromatic carbocycles. The van der Waals surface area contributed by atoms with Crippen LogP contribution in [0.1, 0.15) is 30.1 Å². The molecule has 8 nitrogen and oxygen atoms in total. The molecule has 0 aliphatic carbocycles. The van der Waals surface area contributed by atoms with Crippen LogP contribution in [0.3, 0.4) is 0 Å². The molecule has 1 amide bonds. The van der Waals surface area contributed by atoms with Crippen molar-refractivity contribution < 1.29 is 27.4 Å². The summed E-state index contributed by atoms with van der Waals surface area (Å²) in [5.74, 6) is 1.19. The molecule has 0 bridgehead atoms. The predicted octanol–water partition coefficient (Wildman–Crippen LogP) is 4.69. The van der Waals surface area contributed by atoms with E-state index >= 15 is 0 Å². The number of carbonyl (C=O) groups excluding carboxylic acids is 1. The number of hydrogen-bond donors (Lipinski definition) is 2. The van der Waals surface area contributed by atoms with E-state index < -0.39 is 10.0 Å². The molecule has 9 heteroatoms. The van der Waals surface area contributed by atoms with E-state index in [1.165, 1.54) is 18.2 Å². The number of benzene rings is 3. The summed E-state index contributed by atoms with van der Waals surface area (Å²) >= 11 is 0. The highest BCUT2D eigenvalue weighted by Gasteiger charge is 2.19. The van der Waals surface area contributed by atoms with Crippen molar-refractivity contribution in [3.8, 4) is 17.2 Å². The molecule has 1 aliphatic heterocycles. The normalized spacial score (nSPS) is 13.0. The number of ether oxygens (including phenoxy) is 3. The van der Waals surface area contributed by atoms with Crippen LogP contribution in [-0.4, -0.2) is 34.1 Å². The Balaban J connectivity index is 1.48. The summed E-state index contributed by atoms with van der Waals surface area (Å²) in [6, 6.07) is 17.9. The highest BCUT2D eigenvalue weighted by atomic mass is 32.2. The van der Waals surface area contributed by atoms with Crippen LogP contribution in [0.5, 0.6) is 17.2 Å². The van der Waals surface area contributed by atoms with Crippen LogP contribution in [0.4, 0.5) is 11.4 Å². The highest BCUT2D eigenvalue weighted by molar-refractivity contribution is 7.92. The SMILES string of the molecule is CCCOc1cccc(NC(=O)c2cccc(NS(=O)(=O)c3ccc4c(c3)OCCCO4)c2)c1. The van der Waals surface area contributed by atoms with Gasteiger partial charge in [-0.25, -0.2) is 8.42 Å². The molecule has 0 saturated heterocycles. The van der Waals surface area contributed by atoms with Crippen molar-refractivity contribution in [3.05, 3.63) is 72.3 Å². The van der Waals surface area contributed by atoms with Gasteiger partial charge in [0.05, 0.1) is 24.7 Å². The van der Waals surface area contributed by atoms with E-state index in [0.29, 0.717) is 48.3 Å². The highest BCUT2D eigenvalue weighted by Crippen LogP contribution is 2.32. The maximum atomic E-state index is 12.9. The minimum absolute atomic E-state index is 0.0375. The summed E-state index contributed by atoms with van der Waals surface area (Å²) < 4.78 is 45.2. The Hall–Kier alpha value is -3.72. The smallest absolute Gasteiger partial charge is 0.262 e. The predicted molar refractivity (Wildman–Crippen MR) is 129 cm³/mol. The van der Waals surface area contributed by atoms with E-state index in [9.17, 15) is 13.2 Å². The lowest BCUT2D eigenvalue weighted by atomic mass is 10.2. The van der Waals surface area contributed by atoms with Crippen molar-refractivity contribution in [2.24, 2.45) is 0 Å². The summed E-state index contributed by atoms with van der Waals surface area (Å²) in [7, 11) is -3.91. The second-order valence-electron chi connectivity index (χ2n) is 7.68. The maximum absolute atomic E-state index is 12.9. The number of carbonyl (C=O) groups is 1. The number of nitrogens with one attached hydrogen (secondary N) is 2. The standard InChI is InChI=1S/C25H26N2O6S/c1-2-12-31-21-9-4-7-19(16-21)26-25(28)18-6-3-8-20(15-18)27-34(29,30)22-10-11-23-24(17-22)33-14-5-13-32-23/h3-4,6-11,15-17,27H,2,5,12-14H2,1H3,(H,26,28). The Bertz CT molecular complexity index is 1280. The van der Waals surface area contributed by atoms with E-state index in [2.05, 4.69) is 10.0 Å². The quantitative estimate of drug-likeness (QED) is 0.483. The van der Waals surface area contributed by atoms with Crippen molar-refractivity contribution in [1.29, 1.82) is 0 Å². The fraction of sp³-hybridized carbons (Fsp3) is 0.240. The van der Waals surface area contributed by atoms with Gasteiger partial charge >= 0.3 is 0 Å². The second-order valence-corrected chi connectivity index (χ2v) is 9.36. The van der Waals surface area contributed by atoms with E-state index in [-0.39, 0.29) is 16.5 Å². The van der Waals surface area contributed by atoms with Gasteiger partial charge in [-0.2, -0.15) is 0 Å². The Morgan fingerprint density at radius 1 is 0.941 bits per heavy atom. The first kappa shape index (κ1) is 23.4. The fourth-order valence-corrected chi connectivity index (χ4v) is 4.40. The average molecular weight is 483 g/mol. The summed E-state index contributed by atoms with van der Waals surface area (Å²) in [5.41, 5.74) is 1.15. The molecule has 34 heavy (non-hydrogen) atoms. The van der Waals surface area contributed by atoms with Crippen LogP contribution in [-0.2, 0) is 10.0 Å². The number of fused-ring (bicyclic) bond motifs is 1. The molecule has 1 heterocycles. The topological polar surface area (TPSA) is 103 Å². The van der Waals surface area contributed by atoms with Crippen LogP contribution in [0.15, 0.2) is 71.6 Å². The molecule has 178 valence electrons. The van der Waals surface area contributed by atoms with Gasteiger partial charge in [-0.3, -0.25) is 9.52 Å². The zero-order valence-electron chi connectivity index (χ0n) is 18.7. The van der Waals surface area contributed by atoms with Crippen molar-refractivity contribution >= 4 is 27.3 Å². The molecule has 1 aliphatic rings. The number of anilines is 2. The average Bonchev–Trinajstić information content (AvgIpc) is 3.08. The molecule has 2 N–H and O–H groups in total. The Labute approximate surface area is 198 Å². The third kappa shape index (κ3) is 5.79. The fourth-order valence-electron chi connectivity index (χ4n) is 3.34. The largest absolute Gasteiger partial charge is 0.494 e. The molecule has 3 aromatic rings. The van der Waals surface area contributed by atoms with Gasteiger partial charge in [0.2, 0.25) is 0 Å². The third-order valence-corrected chi connectivity index (χ3v) is 6.35. The first-order valence-corrected chi connectivity index (χ1v) is 12.5. The molecule has 0 atom stereocenters. The van der Waals surface area contributed by atoms with Crippen LogP contribution < -0.4 is 24.2 Å². The molecule has 4 rings (SSSR count). The van der Waals surface area contributed by atoms with E-state index in [1.807, 2.05) is 13.0 Å². The van der Waals surface area contributed by atoms with Gasteiger partial charge in [0.15, 0.2) is 11.5 Å². The van der Waals surface area contributed by atoms with Crippen molar-refractivity contribution in [2.45, 2.75) is 24.7 Å². The van der Waals surface area contributed by atoms with Gasteiger partial charge in [0, 0.05) is 35.5 Å². The molecular formula is C25H26N2O6S. The van der Waals surface area contributed by atoms with Gasteiger partial charge in [-0.15, -0.1) is 0 Å². The second kappa shape index (κ2) is 10.5. The van der Waals surface area contributed by atoms with Crippen molar-refractivity contribution in [3.63, 3.8) is 0 Å². The summed E-state index contributed by atoms with van der Waals surface area (Å²) in [4.78, 5) is 12.8. The molecule has 0 fully saturated rings. The molecular weight excluding hydrogens is 456 g/mol.